The van der Waals surface area contributed by atoms with Crippen molar-refractivity contribution in [1.29, 1.82) is 0 Å². The van der Waals surface area contributed by atoms with Crippen molar-refractivity contribution in [1.82, 2.24) is 0 Å². The topological polar surface area (TPSA) is 17.1 Å². The van der Waals surface area contributed by atoms with Crippen LogP contribution in [-0.4, -0.2) is 5.78 Å². The van der Waals surface area contributed by atoms with Crippen molar-refractivity contribution in [2.45, 2.75) is 19.3 Å². The summed E-state index contributed by atoms with van der Waals surface area (Å²) in [4.78, 5) is 11.8. The lowest BCUT2D eigenvalue weighted by molar-refractivity contribution is 0.0980. The molecule has 0 saturated carbocycles. The lowest BCUT2D eigenvalue weighted by Gasteiger charge is -2.00. The molecule has 1 nitrogen and oxygen atoms in total. The smallest absolute Gasteiger partial charge is 0.162 e. The zero-order chi connectivity index (χ0) is 11.2. The molecule has 0 bridgehead atoms. The molecule has 0 radical (unpaired) electrons. The Labute approximate surface area is 99.8 Å². The highest BCUT2D eigenvalue weighted by atomic mass is 32.1. The van der Waals surface area contributed by atoms with Crippen LogP contribution < -0.4 is 0 Å². The van der Waals surface area contributed by atoms with E-state index in [2.05, 4.69) is 16.8 Å². The summed E-state index contributed by atoms with van der Waals surface area (Å²) in [5, 5.41) is 4.22. The Kier molecular flexibility index (Phi) is 3.89. The maximum absolute atomic E-state index is 11.8. The number of hydrogen-bond acceptors (Lipinski definition) is 2. The van der Waals surface area contributed by atoms with Gasteiger partial charge in [0.25, 0.3) is 0 Å². The summed E-state index contributed by atoms with van der Waals surface area (Å²) in [6.45, 7) is 0. The molecule has 1 heterocycles. The highest BCUT2D eigenvalue weighted by Crippen LogP contribution is 2.11. The maximum atomic E-state index is 11.8. The molecule has 0 atom stereocenters. The first-order valence-corrected chi connectivity index (χ1v) is 6.40. The Hall–Kier alpha value is -1.41. The van der Waals surface area contributed by atoms with Crippen LogP contribution in [0, 0.1) is 0 Å². The third kappa shape index (κ3) is 3.04. The van der Waals surface area contributed by atoms with E-state index in [0.717, 1.165) is 18.4 Å². The first kappa shape index (κ1) is 11.1. The van der Waals surface area contributed by atoms with Crippen molar-refractivity contribution in [3.8, 4) is 0 Å². The fourth-order valence-corrected chi connectivity index (χ4v) is 2.36. The minimum absolute atomic E-state index is 0.246. The molecular formula is C14H14OS. The van der Waals surface area contributed by atoms with Gasteiger partial charge in [-0.3, -0.25) is 4.79 Å². The van der Waals surface area contributed by atoms with Crippen LogP contribution in [0.1, 0.15) is 28.8 Å². The summed E-state index contributed by atoms with van der Waals surface area (Å²) in [6, 6.07) is 11.6. The second-order valence-electron chi connectivity index (χ2n) is 3.77. The summed E-state index contributed by atoms with van der Waals surface area (Å²) < 4.78 is 0. The second-order valence-corrected chi connectivity index (χ2v) is 4.55. The zero-order valence-electron chi connectivity index (χ0n) is 9.06. The number of rotatable bonds is 5. The van der Waals surface area contributed by atoms with Gasteiger partial charge in [0.05, 0.1) is 0 Å². The number of carbonyl (C=O) groups excluding carboxylic acids is 1. The number of Topliss-reactive ketones (excluding diaryl/α,β-unsaturated/α-hetero) is 1. The van der Waals surface area contributed by atoms with Gasteiger partial charge in [0.15, 0.2) is 5.78 Å². The van der Waals surface area contributed by atoms with Gasteiger partial charge < -0.3 is 0 Å². The molecule has 82 valence electrons. The van der Waals surface area contributed by atoms with Gasteiger partial charge >= 0.3 is 0 Å². The van der Waals surface area contributed by atoms with Crippen molar-refractivity contribution >= 4 is 17.1 Å². The highest BCUT2D eigenvalue weighted by molar-refractivity contribution is 7.07. The van der Waals surface area contributed by atoms with Crippen LogP contribution in [0.3, 0.4) is 0 Å². The normalized spacial score (nSPS) is 10.2. The van der Waals surface area contributed by atoms with Crippen molar-refractivity contribution in [2.75, 3.05) is 0 Å². The number of carbonyl (C=O) groups is 1. The molecule has 2 rings (SSSR count). The van der Waals surface area contributed by atoms with E-state index >= 15 is 0 Å². The van der Waals surface area contributed by atoms with Gasteiger partial charge in [0.1, 0.15) is 0 Å². The molecule has 0 N–H and O–H groups in total. The van der Waals surface area contributed by atoms with Crippen LogP contribution in [0.2, 0.25) is 0 Å². The zero-order valence-corrected chi connectivity index (χ0v) is 9.87. The summed E-state index contributed by atoms with van der Waals surface area (Å²) in [5.41, 5.74) is 2.17. The molecule has 1 aromatic carbocycles. The predicted molar refractivity (Wildman–Crippen MR) is 68.0 cm³/mol. The molecular weight excluding hydrogens is 216 g/mol. The van der Waals surface area contributed by atoms with E-state index in [9.17, 15) is 4.79 Å². The summed E-state index contributed by atoms with van der Waals surface area (Å²) in [6.07, 6.45) is 2.58. The van der Waals surface area contributed by atoms with E-state index < -0.39 is 0 Å². The summed E-state index contributed by atoms with van der Waals surface area (Å²) in [7, 11) is 0. The van der Waals surface area contributed by atoms with Crippen LogP contribution in [-0.2, 0) is 6.42 Å². The Morgan fingerprint density at radius 3 is 2.62 bits per heavy atom. The van der Waals surface area contributed by atoms with Crippen molar-refractivity contribution in [3.63, 3.8) is 0 Å². The van der Waals surface area contributed by atoms with Gasteiger partial charge in [-0.1, -0.05) is 30.3 Å². The third-order valence-corrected chi connectivity index (χ3v) is 3.28. The number of benzene rings is 1. The molecule has 16 heavy (non-hydrogen) atoms. The minimum atomic E-state index is 0.246. The first-order valence-electron chi connectivity index (χ1n) is 5.45. The minimum Gasteiger partial charge on any atom is -0.294 e. The van der Waals surface area contributed by atoms with Crippen molar-refractivity contribution in [2.24, 2.45) is 0 Å². The van der Waals surface area contributed by atoms with E-state index in [1.807, 2.05) is 30.3 Å². The number of ketones is 1. The van der Waals surface area contributed by atoms with Gasteiger partial charge in [0, 0.05) is 12.0 Å². The van der Waals surface area contributed by atoms with E-state index in [4.69, 9.17) is 0 Å². The van der Waals surface area contributed by atoms with Crippen LogP contribution in [0.15, 0.2) is 47.2 Å². The third-order valence-electron chi connectivity index (χ3n) is 2.55. The molecule has 2 heteroatoms. The molecule has 0 aliphatic heterocycles. The average Bonchev–Trinajstić information content (AvgIpc) is 2.83. The molecule has 0 unspecified atom stereocenters. The largest absolute Gasteiger partial charge is 0.294 e. The van der Waals surface area contributed by atoms with Crippen LogP contribution in [0.5, 0.6) is 0 Å². The Bertz CT molecular complexity index is 431. The number of hydrogen-bond donors (Lipinski definition) is 0. The van der Waals surface area contributed by atoms with Crippen LogP contribution in [0.4, 0.5) is 0 Å². The Morgan fingerprint density at radius 1 is 1.12 bits per heavy atom. The van der Waals surface area contributed by atoms with E-state index in [1.54, 1.807) is 11.3 Å². The summed E-state index contributed by atoms with van der Waals surface area (Å²) >= 11 is 1.71. The SMILES string of the molecule is O=C(CCCc1ccsc1)c1ccccc1. The van der Waals surface area contributed by atoms with Gasteiger partial charge in [-0.05, 0) is 35.2 Å². The van der Waals surface area contributed by atoms with E-state index in [-0.39, 0.29) is 5.78 Å². The number of aryl methyl sites for hydroxylation is 1. The predicted octanol–water partition coefficient (Wildman–Crippen LogP) is 3.95. The fraction of sp³-hybridized carbons (Fsp3) is 0.214. The van der Waals surface area contributed by atoms with Crippen LogP contribution >= 0.6 is 11.3 Å². The first-order chi connectivity index (χ1) is 7.86. The average molecular weight is 230 g/mol. The Balaban J connectivity index is 1.81. The van der Waals surface area contributed by atoms with Crippen molar-refractivity contribution in [3.05, 3.63) is 58.3 Å². The number of thiophene rings is 1. The lowest BCUT2D eigenvalue weighted by atomic mass is 10.0. The molecule has 0 spiro atoms. The van der Waals surface area contributed by atoms with E-state index in [0.29, 0.717) is 6.42 Å². The quantitative estimate of drug-likeness (QED) is 0.711. The molecule has 0 aliphatic rings. The highest BCUT2D eigenvalue weighted by Gasteiger charge is 2.04. The standard InChI is InChI=1S/C14H14OS/c15-14(13-6-2-1-3-7-13)8-4-5-12-9-10-16-11-12/h1-3,6-7,9-11H,4-5,8H2. The maximum Gasteiger partial charge on any atom is 0.162 e. The molecule has 0 fully saturated rings. The second kappa shape index (κ2) is 5.61. The van der Waals surface area contributed by atoms with Crippen molar-refractivity contribution < 1.29 is 4.79 Å². The van der Waals surface area contributed by atoms with Crippen LogP contribution in [0.25, 0.3) is 0 Å². The molecule has 0 saturated heterocycles. The molecule has 0 amide bonds. The lowest BCUT2D eigenvalue weighted by Crippen LogP contribution is -1.99. The van der Waals surface area contributed by atoms with Gasteiger partial charge in [-0.15, -0.1) is 0 Å². The van der Waals surface area contributed by atoms with Gasteiger partial charge in [-0.25, -0.2) is 0 Å². The molecule has 1 aromatic heterocycles. The Morgan fingerprint density at radius 2 is 1.94 bits per heavy atom. The van der Waals surface area contributed by atoms with Gasteiger partial charge in [-0.2, -0.15) is 11.3 Å². The summed E-state index contributed by atoms with van der Waals surface area (Å²) in [5.74, 6) is 0.246. The monoisotopic (exact) mass is 230 g/mol. The fourth-order valence-electron chi connectivity index (χ4n) is 1.66. The van der Waals surface area contributed by atoms with E-state index in [1.165, 1.54) is 5.56 Å². The molecule has 2 aromatic rings. The molecule has 0 aliphatic carbocycles. The van der Waals surface area contributed by atoms with Gasteiger partial charge in [0.2, 0.25) is 0 Å².